The summed E-state index contributed by atoms with van der Waals surface area (Å²) in [6, 6.07) is 16.1. The molecular formula is C44H67O3P. The van der Waals surface area contributed by atoms with Crippen LogP contribution in [0.3, 0.4) is 0 Å². The minimum absolute atomic E-state index is 0.0379. The van der Waals surface area contributed by atoms with Gasteiger partial charge in [0.2, 0.25) is 0 Å². The van der Waals surface area contributed by atoms with Gasteiger partial charge in [0.25, 0.3) is 0 Å². The lowest BCUT2D eigenvalue weighted by Gasteiger charge is -2.36. The van der Waals surface area contributed by atoms with E-state index in [-0.39, 0.29) is 27.1 Å². The summed E-state index contributed by atoms with van der Waals surface area (Å²) >= 11 is 0. The molecule has 0 bridgehead atoms. The molecule has 3 aromatic carbocycles. The van der Waals surface area contributed by atoms with E-state index in [0.29, 0.717) is 5.75 Å². The van der Waals surface area contributed by atoms with Gasteiger partial charge in [-0.2, -0.15) is 0 Å². The lowest BCUT2D eigenvalue weighted by molar-refractivity contribution is 0.375. The zero-order chi connectivity index (χ0) is 36.6. The first-order chi connectivity index (χ1) is 22.0. The molecule has 0 unspecified atom stereocenters. The van der Waals surface area contributed by atoms with Crippen LogP contribution in [0.1, 0.15) is 169 Å². The summed E-state index contributed by atoms with van der Waals surface area (Å²) in [6.07, 6.45) is 5.02. The van der Waals surface area contributed by atoms with Crippen molar-refractivity contribution in [3.63, 3.8) is 0 Å². The van der Waals surface area contributed by atoms with E-state index in [1.807, 2.05) is 0 Å². The Labute approximate surface area is 295 Å². The fourth-order valence-corrected chi connectivity index (χ4v) is 7.16. The first-order valence-corrected chi connectivity index (χ1v) is 19.6. The normalized spacial score (nSPS) is 13.4. The minimum atomic E-state index is -2.64. The van der Waals surface area contributed by atoms with Gasteiger partial charge >= 0.3 is 8.60 Å². The van der Waals surface area contributed by atoms with Crippen LogP contribution in [-0.4, -0.2) is 9.79 Å². The summed E-state index contributed by atoms with van der Waals surface area (Å²) in [5, 5.41) is 0. The second-order valence-electron chi connectivity index (χ2n) is 17.3. The van der Waals surface area contributed by atoms with Crippen molar-refractivity contribution in [3.05, 3.63) is 75.8 Å². The van der Waals surface area contributed by atoms with Gasteiger partial charge in [-0.25, -0.2) is 0 Å². The maximum atomic E-state index is 10.4. The summed E-state index contributed by atoms with van der Waals surface area (Å²) in [6.45, 7) is 36.8. The van der Waals surface area contributed by atoms with Gasteiger partial charge in [0, 0.05) is 5.56 Å². The van der Waals surface area contributed by atoms with Crippen molar-refractivity contribution in [2.24, 2.45) is 0 Å². The summed E-state index contributed by atoms with van der Waals surface area (Å²) in [5.74, 6) is 0.531. The molecule has 0 aliphatic rings. The number of benzene rings is 3. The highest BCUT2D eigenvalue weighted by atomic mass is 31.2. The molecule has 48 heavy (non-hydrogen) atoms. The quantitative estimate of drug-likeness (QED) is 0.167. The van der Waals surface area contributed by atoms with Crippen molar-refractivity contribution >= 4 is 8.60 Å². The van der Waals surface area contributed by atoms with Crippen molar-refractivity contribution in [2.45, 2.75) is 170 Å². The molecule has 0 atom stereocenters. The Morgan fingerprint density at radius 1 is 0.521 bits per heavy atom. The predicted molar refractivity (Wildman–Crippen MR) is 211 cm³/mol. The van der Waals surface area contributed by atoms with Crippen LogP contribution in [0.15, 0.2) is 42.5 Å². The molecule has 0 heterocycles. The fourth-order valence-electron chi connectivity index (χ4n) is 6.84. The van der Waals surface area contributed by atoms with E-state index < -0.39 is 8.60 Å². The smallest absolute Gasteiger partial charge is 0.391 e. The van der Waals surface area contributed by atoms with Crippen molar-refractivity contribution in [3.8, 4) is 28.0 Å². The van der Waals surface area contributed by atoms with E-state index in [1.165, 1.54) is 33.4 Å². The Morgan fingerprint density at radius 2 is 0.917 bits per heavy atom. The van der Waals surface area contributed by atoms with Crippen LogP contribution in [0.4, 0.5) is 0 Å². The van der Waals surface area contributed by atoms with E-state index in [9.17, 15) is 9.79 Å². The Morgan fingerprint density at radius 3 is 1.31 bits per heavy atom. The van der Waals surface area contributed by atoms with E-state index in [4.69, 9.17) is 4.52 Å². The van der Waals surface area contributed by atoms with Gasteiger partial charge in [0.15, 0.2) is 0 Å². The van der Waals surface area contributed by atoms with E-state index in [0.717, 1.165) is 54.4 Å². The van der Waals surface area contributed by atoms with Crippen molar-refractivity contribution in [1.82, 2.24) is 0 Å². The third-order valence-electron chi connectivity index (χ3n) is 12.4. The molecule has 0 aromatic heterocycles. The standard InChI is InChI=1S/C44H67O3P/c1-17-40(7,8)30-22-24-32(35(26-30)42(11,12)19-3)34-28-37(47-48(45)46)38(29(6)39(34)44(15,16)21-5)33-25-23-31(41(9,10)18-2)27-36(33)43(13,14)20-4/h22-28,45-46H,17-21H2,1-16H3. The summed E-state index contributed by atoms with van der Waals surface area (Å²) in [5.41, 5.74) is 11.8. The largest absolute Gasteiger partial charge is 0.426 e. The molecule has 0 aliphatic heterocycles. The van der Waals surface area contributed by atoms with Gasteiger partial charge in [-0.3, -0.25) is 0 Å². The van der Waals surface area contributed by atoms with Gasteiger partial charge in [0.05, 0.1) is 0 Å². The van der Waals surface area contributed by atoms with Crippen LogP contribution < -0.4 is 4.52 Å². The number of hydrogen-bond donors (Lipinski definition) is 2. The monoisotopic (exact) mass is 674 g/mol. The maximum absolute atomic E-state index is 10.4. The van der Waals surface area contributed by atoms with E-state index in [1.54, 1.807) is 0 Å². The molecule has 0 fully saturated rings. The fraction of sp³-hybridized carbons (Fsp3) is 0.591. The van der Waals surface area contributed by atoms with Gasteiger partial charge < -0.3 is 14.3 Å². The molecule has 0 saturated heterocycles. The molecule has 0 spiro atoms. The molecule has 0 radical (unpaired) electrons. The zero-order valence-corrected chi connectivity index (χ0v) is 34.2. The molecule has 0 amide bonds. The molecule has 0 aliphatic carbocycles. The van der Waals surface area contributed by atoms with Gasteiger partial charge in [-0.05, 0) is 122 Å². The maximum Gasteiger partial charge on any atom is 0.391 e. The van der Waals surface area contributed by atoms with Crippen molar-refractivity contribution < 1.29 is 14.3 Å². The molecule has 3 nitrogen and oxygen atoms in total. The molecule has 266 valence electrons. The third kappa shape index (κ3) is 7.90. The topological polar surface area (TPSA) is 49.7 Å². The van der Waals surface area contributed by atoms with Gasteiger partial charge in [-0.1, -0.05) is 140 Å². The first-order valence-electron chi connectivity index (χ1n) is 18.4. The second-order valence-corrected chi connectivity index (χ2v) is 18.0. The Bertz CT molecular complexity index is 1590. The zero-order valence-electron chi connectivity index (χ0n) is 33.3. The number of hydrogen-bond acceptors (Lipinski definition) is 3. The van der Waals surface area contributed by atoms with Crippen LogP contribution in [0.5, 0.6) is 5.75 Å². The molecular weight excluding hydrogens is 607 g/mol. The lowest BCUT2D eigenvalue weighted by atomic mass is 9.69. The lowest BCUT2D eigenvalue weighted by Crippen LogP contribution is -2.24. The Kier molecular flexibility index (Phi) is 12.2. The number of rotatable bonds is 14. The predicted octanol–water partition coefficient (Wildman–Crippen LogP) is 13.4. The van der Waals surface area contributed by atoms with Crippen LogP contribution in [-0.2, 0) is 27.1 Å². The average Bonchev–Trinajstić information content (AvgIpc) is 3.03. The first kappa shape index (κ1) is 40.2. The Balaban J connectivity index is 2.63. The average molecular weight is 675 g/mol. The molecule has 4 heteroatoms. The highest BCUT2D eigenvalue weighted by Crippen LogP contribution is 2.52. The van der Waals surface area contributed by atoms with Crippen molar-refractivity contribution in [1.29, 1.82) is 0 Å². The highest BCUT2D eigenvalue weighted by molar-refractivity contribution is 7.39. The van der Waals surface area contributed by atoms with Crippen LogP contribution >= 0.6 is 8.60 Å². The minimum Gasteiger partial charge on any atom is -0.426 e. The molecule has 3 aromatic rings. The van der Waals surface area contributed by atoms with Crippen LogP contribution in [0.25, 0.3) is 22.3 Å². The SMILES string of the molecule is CCC(C)(C)c1ccc(-c2cc(OP(O)O)c(-c3ccc(C(C)(C)CC)cc3C(C)(C)CC)c(C)c2C(C)(C)CC)c(C(C)(C)CC)c1. The molecule has 3 rings (SSSR count). The van der Waals surface area contributed by atoms with Crippen LogP contribution in [0.2, 0.25) is 0 Å². The van der Waals surface area contributed by atoms with Gasteiger partial charge in [-0.15, -0.1) is 0 Å². The van der Waals surface area contributed by atoms with E-state index in [2.05, 4.69) is 153 Å². The second kappa shape index (κ2) is 14.6. The van der Waals surface area contributed by atoms with Crippen LogP contribution in [0, 0.1) is 6.92 Å². The third-order valence-corrected chi connectivity index (χ3v) is 12.8. The Hall–Kier alpha value is -2.19. The summed E-state index contributed by atoms with van der Waals surface area (Å²) in [7, 11) is -2.64. The molecule has 2 N–H and O–H groups in total. The summed E-state index contributed by atoms with van der Waals surface area (Å²) in [4.78, 5) is 20.9. The van der Waals surface area contributed by atoms with Crippen molar-refractivity contribution in [2.75, 3.05) is 0 Å². The van der Waals surface area contributed by atoms with Gasteiger partial charge in [0.1, 0.15) is 5.75 Å². The van der Waals surface area contributed by atoms with E-state index >= 15 is 0 Å². The molecule has 0 saturated carbocycles. The summed E-state index contributed by atoms with van der Waals surface area (Å²) < 4.78 is 6.09. The highest BCUT2D eigenvalue weighted by Gasteiger charge is 2.35.